The van der Waals surface area contributed by atoms with E-state index in [4.69, 9.17) is 0 Å². The Balaban J connectivity index is 1.60. The van der Waals surface area contributed by atoms with Crippen LogP contribution in [0.25, 0.3) is 0 Å². The summed E-state index contributed by atoms with van der Waals surface area (Å²) in [5.74, 6) is -0.329. The summed E-state index contributed by atoms with van der Waals surface area (Å²) in [7, 11) is 0. The van der Waals surface area contributed by atoms with Crippen LogP contribution in [0.1, 0.15) is 17.5 Å². The predicted molar refractivity (Wildman–Crippen MR) is 98.6 cm³/mol. The molecule has 0 aliphatic rings. The van der Waals surface area contributed by atoms with Crippen molar-refractivity contribution in [3.05, 3.63) is 70.2 Å². The van der Waals surface area contributed by atoms with E-state index in [1.165, 1.54) is 5.56 Å². The van der Waals surface area contributed by atoms with Gasteiger partial charge < -0.3 is 10.6 Å². The van der Waals surface area contributed by atoms with Gasteiger partial charge in [-0.3, -0.25) is 9.59 Å². The van der Waals surface area contributed by atoms with E-state index >= 15 is 0 Å². The number of aryl methyl sites for hydroxylation is 1. The molecule has 2 rings (SSSR count). The largest absolute Gasteiger partial charge is 0.355 e. The van der Waals surface area contributed by atoms with E-state index in [0.717, 1.165) is 22.9 Å². The van der Waals surface area contributed by atoms with Crippen molar-refractivity contribution in [1.82, 2.24) is 10.6 Å². The van der Waals surface area contributed by atoms with Crippen LogP contribution in [0.4, 0.5) is 0 Å². The van der Waals surface area contributed by atoms with E-state index in [9.17, 15) is 9.59 Å². The van der Waals surface area contributed by atoms with Crippen LogP contribution in [-0.4, -0.2) is 24.9 Å². The third-order valence-electron chi connectivity index (χ3n) is 3.56. The molecule has 2 aromatic carbocycles. The first kappa shape index (κ1) is 18.2. The molecule has 0 unspecified atom stereocenters. The Labute approximate surface area is 150 Å². The summed E-state index contributed by atoms with van der Waals surface area (Å²) in [5.41, 5.74) is 2.16. The molecule has 0 fully saturated rings. The van der Waals surface area contributed by atoms with Gasteiger partial charge in [-0.25, -0.2) is 0 Å². The number of amides is 2. The standard InChI is InChI=1S/C19H21BrN2O2/c20-17-11-5-4-10-16(17)13-18(23)22-14-19(24)21-12-6-9-15-7-2-1-3-8-15/h1-5,7-8,10-11H,6,9,12-14H2,(H,21,24)(H,22,23). The van der Waals surface area contributed by atoms with Crippen molar-refractivity contribution >= 4 is 27.7 Å². The van der Waals surface area contributed by atoms with E-state index in [2.05, 4.69) is 38.7 Å². The second kappa shape index (κ2) is 9.88. The number of rotatable bonds is 8. The summed E-state index contributed by atoms with van der Waals surface area (Å²) in [4.78, 5) is 23.6. The second-order valence-corrected chi connectivity index (χ2v) is 6.34. The highest BCUT2D eigenvalue weighted by Gasteiger charge is 2.08. The zero-order valence-electron chi connectivity index (χ0n) is 13.4. The first-order valence-electron chi connectivity index (χ1n) is 7.96. The molecule has 0 saturated heterocycles. The minimum Gasteiger partial charge on any atom is -0.355 e. The first-order chi connectivity index (χ1) is 11.6. The van der Waals surface area contributed by atoms with Gasteiger partial charge in [-0.05, 0) is 30.0 Å². The molecule has 2 amide bonds. The fourth-order valence-corrected chi connectivity index (χ4v) is 2.71. The van der Waals surface area contributed by atoms with Crippen molar-refractivity contribution in [2.45, 2.75) is 19.3 Å². The Kier molecular flexibility index (Phi) is 7.49. The lowest BCUT2D eigenvalue weighted by Crippen LogP contribution is -2.38. The van der Waals surface area contributed by atoms with Gasteiger partial charge in [0.1, 0.15) is 0 Å². The molecule has 24 heavy (non-hydrogen) atoms. The molecule has 0 aliphatic heterocycles. The second-order valence-electron chi connectivity index (χ2n) is 5.48. The van der Waals surface area contributed by atoms with Crippen LogP contribution in [0.2, 0.25) is 0 Å². The van der Waals surface area contributed by atoms with Gasteiger partial charge in [0, 0.05) is 11.0 Å². The Bertz CT molecular complexity index is 674. The SMILES string of the molecule is O=C(CNC(=O)Cc1ccccc1Br)NCCCc1ccccc1. The summed E-state index contributed by atoms with van der Waals surface area (Å²) in [6.07, 6.45) is 2.05. The molecule has 0 aliphatic carbocycles. The molecule has 0 aromatic heterocycles. The fourth-order valence-electron chi connectivity index (χ4n) is 2.28. The number of hydrogen-bond acceptors (Lipinski definition) is 2. The topological polar surface area (TPSA) is 58.2 Å². The van der Waals surface area contributed by atoms with Crippen LogP contribution in [-0.2, 0) is 22.4 Å². The minimum absolute atomic E-state index is 0.00855. The highest BCUT2D eigenvalue weighted by atomic mass is 79.9. The van der Waals surface area contributed by atoms with E-state index in [1.807, 2.05) is 42.5 Å². The van der Waals surface area contributed by atoms with Crippen molar-refractivity contribution in [2.75, 3.05) is 13.1 Å². The molecule has 5 heteroatoms. The average molecular weight is 389 g/mol. The molecule has 0 spiro atoms. The van der Waals surface area contributed by atoms with Gasteiger partial charge in [-0.1, -0.05) is 64.5 Å². The zero-order valence-corrected chi connectivity index (χ0v) is 15.0. The zero-order chi connectivity index (χ0) is 17.2. The van der Waals surface area contributed by atoms with Gasteiger partial charge in [0.15, 0.2) is 0 Å². The Morgan fingerprint density at radius 3 is 2.33 bits per heavy atom. The van der Waals surface area contributed by atoms with Crippen LogP contribution in [0, 0.1) is 0 Å². The molecule has 0 heterocycles. The van der Waals surface area contributed by atoms with Crippen molar-refractivity contribution < 1.29 is 9.59 Å². The molecule has 4 nitrogen and oxygen atoms in total. The molecule has 126 valence electrons. The van der Waals surface area contributed by atoms with E-state index < -0.39 is 0 Å². The number of nitrogens with one attached hydrogen (secondary N) is 2. The maximum absolute atomic E-state index is 11.9. The lowest BCUT2D eigenvalue weighted by atomic mass is 10.1. The molecule has 0 bridgehead atoms. The molecule has 0 saturated carbocycles. The van der Waals surface area contributed by atoms with Crippen molar-refractivity contribution in [1.29, 1.82) is 0 Å². The monoisotopic (exact) mass is 388 g/mol. The van der Waals surface area contributed by atoms with Crippen LogP contribution < -0.4 is 10.6 Å². The maximum atomic E-state index is 11.9. The van der Waals surface area contributed by atoms with Crippen LogP contribution in [0.3, 0.4) is 0 Å². The van der Waals surface area contributed by atoms with Gasteiger partial charge in [0.25, 0.3) is 0 Å². The fraction of sp³-hybridized carbons (Fsp3) is 0.263. The summed E-state index contributed by atoms with van der Waals surface area (Å²) < 4.78 is 0.894. The predicted octanol–water partition coefficient (Wildman–Crippen LogP) is 2.86. The maximum Gasteiger partial charge on any atom is 0.239 e. The first-order valence-corrected chi connectivity index (χ1v) is 8.75. The number of benzene rings is 2. The van der Waals surface area contributed by atoms with Gasteiger partial charge in [-0.2, -0.15) is 0 Å². The van der Waals surface area contributed by atoms with Crippen molar-refractivity contribution in [3.8, 4) is 0 Å². The number of hydrogen-bond donors (Lipinski definition) is 2. The Hall–Kier alpha value is -2.14. The van der Waals surface area contributed by atoms with Gasteiger partial charge in [0.05, 0.1) is 13.0 Å². The summed E-state index contributed by atoms with van der Waals surface area (Å²) >= 11 is 3.41. The Morgan fingerprint density at radius 1 is 0.875 bits per heavy atom. The van der Waals surface area contributed by atoms with Crippen LogP contribution in [0.15, 0.2) is 59.1 Å². The van der Waals surface area contributed by atoms with Crippen molar-refractivity contribution in [2.24, 2.45) is 0 Å². The highest BCUT2D eigenvalue weighted by Crippen LogP contribution is 2.15. The van der Waals surface area contributed by atoms with E-state index in [1.54, 1.807) is 0 Å². The van der Waals surface area contributed by atoms with Gasteiger partial charge in [0.2, 0.25) is 11.8 Å². The molecule has 0 atom stereocenters. The van der Waals surface area contributed by atoms with E-state index in [0.29, 0.717) is 6.54 Å². The quantitative estimate of drug-likeness (QED) is 0.683. The summed E-state index contributed by atoms with van der Waals surface area (Å²) in [6, 6.07) is 17.7. The van der Waals surface area contributed by atoms with Gasteiger partial charge >= 0.3 is 0 Å². The number of carbonyl (C=O) groups excluding carboxylic acids is 2. The van der Waals surface area contributed by atoms with Crippen LogP contribution in [0.5, 0.6) is 0 Å². The van der Waals surface area contributed by atoms with Crippen molar-refractivity contribution in [3.63, 3.8) is 0 Å². The van der Waals surface area contributed by atoms with Crippen LogP contribution >= 0.6 is 15.9 Å². The molecule has 2 N–H and O–H groups in total. The lowest BCUT2D eigenvalue weighted by molar-refractivity contribution is -0.125. The summed E-state index contributed by atoms with van der Waals surface area (Å²) in [5, 5.41) is 5.47. The number of halogens is 1. The molecular formula is C19H21BrN2O2. The molecular weight excluding hydrogens is 368 g/mol. The third kappa shape index (κ3) is 6.54. The molecule has 2 aromatic rings. The molecule has 0 radical (unpaired) electrons. The normalized spacial score (nSPS) is 10.2. The average Bonchev–Trinajstić information content (AvgIpc) is 2.60. The Morgan fingerprint density at radius 2 is 1.58 bits per heavy atom. The lowest BCUT2D eigenvalue weighted by Gasteiger charge is -2.08. The van der Waals surface area contributed by atoms with Gasteiger partial charge in [-0.15, -0.1) is 0 Å². The summed E-state index contributed by atoms with van der Waals surface area (Å²) in [6.45, 7) is 0.614. The minimum atomic E-state index is -0.165. The number of carbonyl (C=O) groups is 2. The highest BCUT2D eigenvalue weighted by molar-refractivity contribution is 9.10. The third-order valence-corrected chi connectivity index (χ3v) is 4.34. The van der Waals surface area contributed by atoms with E-state index in [-0.39, 0.29) is 24.8 Å². The smallest absolute Gasteiger partial charge is 0.239 e.